The molecule has 0 aromatic heterocycles. The van der Waals surface area contributed by atoms with Crippen LogP contribution in [-0.4, -0.2) is 49.2 Å². The van der Waals surface area contributed by atoms with Crippen molar-refractivity contribution in [1.82, 2.24) is 9.21 Å². The molecule has 0 N–H and O–H groups in total. The van der Waals surface area contributed by atoms with Crippen LogP contribution in [0, 0.1) is 5.92 Å². The number of piperidine rings is 2. The number of benzene rings is 1. The predicted octanol–water partition coefficient (Wildman–Crippen LogP) is 2.49. The van der Waals surface area contributed by atoms with Crippen molar-refractivity contribution in [2.45, 2.75) is 50.0 Å². The van der Waals surface area contributed by atoms with Gasteiger partial charge in [0.2, 0.25) is 15.9 Å². The maximum absolute atomic E-state index is 12.9. The molecule has 2 saturated heterocycles. The predicted molar refractivity (Wildman–Crippen MR) is 93.0 cm³/mol. The fourth-order valence-electron chi connectivity index (χ4n) is 3.76. The Morgan fingerprint density at radius 3 is 2.50 bits per heavy atom. The highest BCUT2D eigenvalue weighted by Crippen LogP contribution is 2.27. The summed E-state index contributed by atoms with van der Waals surface area (Å²) in [5.74, 6) is -0.0760. The molecule has 132 valence electrons. The van der Waals surface area contributed by atoms with Gasteiger partial charge >= 0.3 is 0 Å². The Bertz CT molecular complexity index is 675. The van der Waals surface area contributed by atoms with E-state index in [0.717, 1.165) is 32.2 Å². The summed E-state index contributed by atoms with van der Waals surface area (Å²) in [5.41, 5.74) is 0. The molecule has 2 fully saturated rings. The van der Waals surface area contributed by atoms with Gasteiger partial charge in [0, 0.05) is 25.7 Å². The van der Waals surface area contributed by atoms with Crippen molar-refractivity contribution in [2.24, 2.45) is 5.92 Å². The number of hydrogen-bond acceptors (Lipinski definition) is 3. The topological polar surface area (TPSA) is 57.7 Å². The molecule has 2 aliphatic rings. The number of carbonyl (C=O) groups excluding carboxylic acids is 1. The lowest BCUT2D eigenvalue weighted by Crippen LogP contribution is -2.50. The third kappa shape index (κ3) is 3.49. The molecule has 24 heavy (non-hydrogen) atoms. The first-order valence-corrected chi connectivity index (χ1v) is 10.3. The highest BCUT2D eigenvalue weighted by molar-refractivity contribution is 7.89. The standard InChI is InChI=1S/C18H26N2O3S/c1-15-8-5-6-13-20(15)18(21)16-9-7-12-19(14-16)24(22,23)17-10-3-2-4-11-17/h2-4,10-11,15-16H,5-9,12-14H2,1H3/t15-,16-/m0/s1. The Kier molecular flexibility index (Phi) is 5.25. The molecule has 2 atom stereocenters. The summed E-state index contributed by atoms with van der Waals surface area (Å²) in [6, 6.07) is 8.77. The van der Waals surface area contributed by atoms with Gasteiger partial charge in [0.1, 0.15) is 0 Å². The van der Waals surface area contributed by atoms with Crippen LogP contribution in [0.5, 0.6) is 0 Å². The zero-order valence-electron chi connectivity index (χ0n) is 14.2. The van der Waals surface area contributed by atoms with E-state index in [1.165, 1.54) is 10.7 Å². The summed E-state index contributed by atoms with van der Waals surface area (Å²) in [5, 5.41) is 0. The average Bonchev–Trinajstić information content (AvgIpc) is 2.62. The fraction of sp³-hybridized carbons (Fsp3) is 0.611. The maximum Gasteiger partial charge on any atom is 0.243 e. The molecule has 5 nitrogen and oxygen atoms in total. The first-order valence-electron chi connectivity index (χ1n) is 8.86. The molecule has 1 amide bonds. The molecule has 0 unspecified atom stereocenters. The van der Waals surface area contributed by atoms with Crippen molar-refractivity contribution in [3.63, 3.8) is 0 Å². The molecule has 1 aromatic carbocycles. The minimum Gasteiger partial charge on any atom is -0.340 e. The summed E-state index contributed by atoms with van der Waals surface area (Å²) in [6.45, 7) is 3.70. The Morgan fingerprint density at radius 2 is 1.79 bits per heavy atom. The largest absolute Gasteiger partial charge is 0.340 e. The molecule has 2 aliphatic heterocycles. The Labute approximate surface area is 144 Å². The lowest BCUT2D eigenvalue weighted by molar-refractivity contribution is -0.140. The van der Waals surface area contributed by atoms with E-state index in [2.05, 4.69) is 6.92 Å². The van der Waals surface area contributed by atoms with Gasteiger partial charge in [-0.1, -0.05) is 18.2 Å². The molecule has 6 heteroatoms. The van der Waals surface area contributed by atoms with Crippen LogP contribution < -0.4 is 0 Å². The number of hydrogen-bond donors (Lipinski definition) is 0. The van der Waals surface area contributed by atoms with E-state index in [-0.39, 0.29) is 17.9 Å². The van der Waals surface area contributed by atoms with Gasteiger partial charge in [-0.15, -0.1) is 0 Å². The van der Waals surface area contributed by atoms with Crippen LogP contribution in [0.3, 0.4) is 0 Å². The van der Waals surface area contributed by atoms with Gasteiger partial charge in [0.15, 0.2) is 0 Å². The maximum atomic E-state index is 12.9. The van der Waals surface area contributed by atoms with Crippen molar-refractivity contribution >= 4 is 15.9 Å². The van der Waals surface area contributed by atoms with Gasteiger partial charge < -0.3 is 4.90 Å². The summed E-state index contributed by atoms with van der Waals surface area (Å²) in [4.78, 5) is 15.2. The molecule has 2 heterocycles. The van der Waals surface area contributed by atoms with Gasteiger partial charge in [-0.2, -0.15) is 4.31 Å². The van der Waals surface area contributed by atoms with E-state index in [9.17, 15) is 13.2 Å². The van der Waals surface area contributed by atoms with E-state index in [1.54, 1.807) is 30.3 Å². The molecule has 0 aliphatic carbocycles. The van der Waals surface area contributed by atoms with Gasteiger partial charge in [0.25, 0.3) is 0 Å². The molecule has 1 aromatic rings. The van der Waals surface area contributed by atoms with Crippen molar-refractivity contribution in [3.05, 3.63) is 30.3 Å². The second-order valence-electron chi connectivity index (χ2n) is 6.89. The Morgan fingerprint density at radius 1 is 1.04 bits per heavy atom. The Hall–Kier alpha value is -1.40. The summed E-state index contributed by atoms with van der Waals surface area (Å²) >= 11 is 0. The summed E-state index contributed by atoms with van der Waals surface area (Å²) in [6.07, 6.45) is 4.79. The van der Waals surface area contributed by atoms with E-state index >= 15 is 0 Å². The normalized spacial score (nSPS) is 26.3. The van der Waals surface area contributed by atoms with Crippen LogP contribution in [0.2, 0.25) is 0 Å². The van der Waals surface area contributed by atoms with Gasteiger partial charge in [-0.05, 0) is 51.2 Å². The van der Waals surface area contributed by atoms with Crippen LogP contribution in [0.15, 0.2) is 35.2 Å². The van der Waals surface area contributed by atoms with E-state index < -0.39 is 10.0 Å². The molecule has 0 saturated carbocycles. The van der Waals surface area contributed by atoms with Crippen LogP contribution in [0.4, 0.5) is 0 Å². The number of likely N-dealkylation sites (tertiary alicyclic amines) is 1. The van der Waals surface area contributed by atoms with E-state index in [4.69, 9.17) is 0 Å². The van der Waals surface area contributed by atoms with Crippen LogP contribution in [-0.2, 0) is 14.8 Å². The minimum absolute atomic E-state index is 0.134. The third-order valence-electron chi connectivity index (χ3n) is 5.20. The minimum atomic E-state index is -3.51. The molecule has 0 bridgehead atoms. The molecular weight excluding hydrogens is 324 g/mol. The van der Waals surface area contributed by atoms with Crippen molar-refractivity contribution in [2.75, 3.05) is 19.6 Å². The zero-order valence-corrected chi connectivity index (χ0v) is 15.0. The number of rotatable bonds is 3. The zero-order chi connectivity index (χ0) is 17.2. The van der Waals surface area contributed by atoms with Crippen molar-refractivity contribution in [1.29, 1.82) is 0 Å². The van der Waals surface area contributed by atoms with E-state index in [1.807, 2.05) is 4.90 Å². The van der Waals surface area contributed by atoms with Crippen molar-refractivity contribution in [3.8, 4) is 0 Å². The van der Waals surface area contributed by atoms with Crippen molar-refractivity contribution < 1.29 is 13.2 Å². The second-order valence-corrected chi connectivity index (χ2v) is 8.83. The fourth-order valence-corrected chi connectivity index (χ4v) is 5.31. The summed E-state index contributed by atoms with van der Waals surface area (Å²) < 4.78 is 27.1. The lowest BCUT2D eigenvalue weighted by Gasteiger charge is -2.38. The van der Waals surface area contributed by atoms with Gasteiger partial charge in [-0.3, -0.25) is 4.79 Å². The number of sulfonamides is 1. The third-order valence-corrected chi connectivity index (χ3v) is 7.08. The Balaban J connectivity index is 1.73. The average molecular weight is 350 g/mol. The highest BCUT2D eigenvalue weighted by Gasteiger charge is 2.36. The first kappa shape index (κ1) is 17.4. The number of nitrogens with zero attached hydrogens (tertiary/aromatic N) is 2. The van der Waals surface area contributed by atoms with Crippen LogP contribution >= 0.6 is 0 Å². The first-order chi connectivity index (χ1) is 11.5. The van der Waals surface area contributed by atoms with Crippen LogP contribution in [0.1, 0.15) is 39.0 Å². The number of carbonyl (C=O) groups is 1. The molecule has 0 spiro atoms. The van der Waals surface area contributed by atoms with Crippen LogP contribution in [0.25, 0.3) is 0 Å². The second kappa shape index (κ2) is 7.23. The van der Waals surface area contributed by atoms with Gasteiger partial charge in [-0.25, -0.2) is 8.42 Å². The summed E-state index contributed by atoms with van der Waals surface area (Å²) in [7, 11) is -3.51. The molecule has 3 rings (SSSR count). The van der Waals surface area contributed by atoms with Gasteiger partial charge in [0.05, 0.1) is 10.8 Å². The highest BCUT2D eigenvalue weighted by atomic mass is 32.2. The molecular formula is C18H26N2O3S. The SMILES string of the molecule is C[C@H]1CCCCN1C(=O)[C@H]1CCCN(S(=O)(=O)c2ccccc2)C1. The monoisotopic (exact) mass is 350 g/mol. The van der Waals surface area contributed by atoms with E-state index in [0.29, 0.717) is 18.0 Å². The lowest BCUT2D eigenvalue weighted by atomic mass is 9.95. The quantitative estimate of drug-likeness (QED) is 0.841. The number of amides is 1. The smallest absolute Gasteiger partial charge is 0.243 e. The molecule has 0 radical (unpaired) electrons.